The third-order valence-electron chi connectivity index (χ3n) is 2.77. The Kier molecular flexibility index (Phi) is 5.42. The van der Waals surface area contributed by atoms with Crippen LogP contribution < -0.4 is 0 Å². The van der Waals surface area contributed by atoms with Crippen molar-refractivity contribution in [1.82, 2.24) is 9.80 Å². The molecule has 0 atom stereocenters. The molecule has 0 bridgehead atoms. The van der Waals surface area contributed by atoms with Gasteiger partial charge < -0.3 is 9.64 Å². The van der Waals surface area contributed by atoms with Crippen molar-refractivity contribution in [2.45, 2.75) is 12.4 Å². The van der Waals surface area contributed by atoms with Crippen LogP contribution in [0.15, 0.2) is 0 Å². The smallest absolute Gasteiger partial charge is 0.458 e. The summed E-state index contributed by atoms with van der Waals surface area (Å²) in [5.41, 5.74) is 0. The summed E-state index contributed by atoms with van der Waals surface area (Å²) in [4.78, 5) is 23.5. The third kappa shape index (κ3) is 5.40. The van der Waals surface area contributed by atoms with Crippen LogP contribution in [0.5, 0.6) is 0 Å². The van der Waals surface area contributed by atoms with E-state index >= 15 is 0 Å². The second kappa shape index (κ2) is 6.50. The van der Waals surface area contributed by atoms with E-state index in [2.05, 4.69) is 4.74 Å². The number of hydrogen-bond donors (Lipinski definition) is 0. The van der Waals surface area contributed by atoms with Crippen molar-refractivity contribution < 1.29 is 40.7 Å². The van der Waals surface area contributed by atoms with Crippen LogP contribution in [-0.4, -0.2) is 73.4 Å². The number of esters is 1. The van der Waals surface area contributed by atoms with Crippen molar-refractivity contribution in [3.63, 3.8) is 0 Å². The maximum absolute atomic E-state index is 12.2. The number of carbonyl (C=O) groups is 2. The Morgan fingerprint density at radius 1 is 0.905 bits per heavy atom. The summed E-state index contributed by atoms with van der Waals surface area (Å²) in [6.45, 7) is -0.824. The van der Waals surface area contributed by atoms with Crippen LogP contribution in [0.25, 0.3) is 0 Å². The van der Waals surface area contributed by atoms with E-state index in [-0.39, 0.29) is 32.7 Å². The van der Waals surface area contributed by atoms with Gasteiger partial charge in [-0.15, -0.1) is 0 Å². The predicted octanol–water partition coefficient (Wildman–Crippen LogP) is 0.798. The van der Waals surface area contributed by atoms with E-state index in [0.717, 1.165) is 0 Å². The lowest BCUT2D eigenvalue weighted by Gasteiger charge is -2.34. The van der Waals surface area contributed by atoms with Crippen LogP contribution in [0, 0.1) is 0 Å². The number of hydrogen-bond acceptors (Lipinski definition) is 4. The van der Waals surface area contributed by atoms with E-state index in [9.17, 15) is 35.9 Å². The molecule has 122 valence electrons. The van der Waals surface area contributed by atoms with E-state index in [1.54, 1.807) is 0 Å². The van der Waals surface area contributed by atoms with Crippen molar-refractivity contribution in [1.29, 1.82) is 0 Å². The summed E-state index contributed by atoms with van der Waals surface area (Å²) in [6.07, 6.45) is -10.0. The normalized spacial score (nSPS) is 17.7. The van der Waals surface area contributed by atoms with Gasteiger partial charge in [0, 0.05) is 32.7 Å². The Hall–Kier alpha value is -1.52. The standard InChI is InChI=1S/C10H12F6N2O3/c11-9(12,13)7(19)18-3-1-17(2-4-18)5-6-21-8(20)10(14,15)16/h1-6H2. The summed E-state index contributed by atoms with van der Waals surface area (Å²) in [5, 5.41) is 0. The molecule has 0 aliphatic carbocycles. The zero-order valence-electron chi connectivity index (χ0n) is 10.6. The van der Waals surface area contributed by atoms with E-state index in [1.165, 1.54) is 4.90 Å². The van der Waals surface area contributed by atoms with Gasteiger partial charge in [-0.3, -0.25) is 9.69 Å². The molecule has 21 heavy (non-hydrogen) atoms. The molecule has 11 heteroatoms. The summed E-state index contributed by atoms with van der Waals surface area (Å²) in [6, 6.07) is 0. The van der Waals surface area contributed by atoms with Crippen LogP contribution >= 0.6 is 0 Å². The molecule has 1 saturated heterocycles. The summed E-state index contributed by atoms with van der Waals surface area (Å²) >= 11 is 0. The van der Waals surface area contributed by atoms with Gasteiger partial charge in [-0.25, -0.2) is 4.79 Å². The van der Waals surface area contributed by atoms with E-state index in [0.29, 0.717) is 4.90 Å². The van der Waals surface area contributed by atoms with Crippen LogP contribution in [0.2, 0.25) is 0 Å². The van der Waals surface area contributed by atoms with Crippen molar-refractivity contribution in [2.75, 3.05) is 39.3 Å². The molecule has 0 spiro atoms. The highest BCUT2D eigenvalue weighted by Crippen LogP contribution is 2.19. The number of rotatable bonds is 3. The first-order valence-corrected chi connectivity index (χ1v) is 5.84. The Labute approximate surface area is 115 Å². The van der Waals surface area contributed by atoms with Crippen LogP contribution in [0.1, 0.15) is 0 Å². The lowest BCUT2D eigenvalue weighted by Crippen LogP contribution is -2.52. The van der Waals surface area contributed by atoms with Crippen molar-refractivity contribution in [3.05, 3.63) is 0 Å². The summed E-state index contributed by atoms with van der Waals surface area (Å²) < 4.78 is 76.0. The number of alkyl halides is 6. The predicted molar refractivity (Wildman–Crippen MR) is 56.1 cm³/mol. The fourth-order valence-corrected chi connectivity index (χ4v) is 1.70. The van der Waals surface area contributed by atoms with E-state index in [4.69, 9.17) is 0 Å². The Bertz CT molecular complexity index is 384. The highest BCUT2D eigenvalue weighted by atomic mass is 19.4. The molecule has 1 aliphatic rings. The molecule has 5 nitrogen and oxygen atoms in total. The highest BCUT2D eigenvalue weighted by Gasteiger charge is 2.43. The van der Waals surface area contributed by atoms with Gasteiger partial charge in [-0.1, -0.05) is 0 Å². The van der Waals surface area contributed by atoms with Gasteiger partial charge in [0.15, 0.2) is 0 Å². The largest absolute Gasteiger partial charge is 0.490 e. The highest BCUT2D eigenvalue weighted by molar-refractivity contribution is 5.81. The zero-order valence-corrected chi connectivity index (χ0v) is 10.6. The van der Waals surface area contributed by atoms with Gasteiger partial charge in [0.1, 0.15) is 6.61 Å². The number of carbonyl (C=O) groups excluding carboxylic acids is 2. The summed E-state index contributed by atoms with van der Waals surface area (Å²) in [7, 11) is 0. The molecule has 0 aromatic carbocycles. The number of nitrogens with zero attached hydrogens (tertiary/aromatic N) is 2. The molecule has 0 unspecified atom stereocenters. The molecule has 0 aromatic heterocycles. The number of piperazine rings is 1. The molecule has 0 radical (unpaired) electrons. The van der Waals surface area contributed by atoms with Crippen molar-refractivity contribution >= 4 is 11.9 Å². The fraction of sp³-hybridized carbons (Fsp3) is 0.800. The molecule has 1 heterocycles. The third-order valence-corrected chi connectivity index (χ3v) is 2.77. The maximum atomic E-state index is 12.2. The Morgan fingerprint density at radius 2 is 1.43 bits per heavy atom. The monoisotopic (exact) mass is 322 g/mol. The maximum Gasteiger partial charge on any atom is 0.490 e. The van der Waals surface area contributed by atoms with Crippen LogP contribution in [-0.2, 0) is 14.3 Å². The van der Waals surface area contributed by atoms with E-state index < -0.39 is 30.8 Å². The Morgan fingerprint density at radius 3 is 1.86 bits per heavy atom. The molecular formula is C10H12F6N2O3. The SMILES string of the molecule is O=C(OCCN1CCN(C(=O)C(F)(F)F)CC1)C(F)(F)F. The minimum absolute atomic E-state index is 0.0458. The lowest BCUT2D eigenvalue weighted by molar-refractivity contribution is -0.200. The van der Waals surface area contributed by atoms with Gasteiger partial charge in [-0.05, 0) is 0 Å². The topological polar surface area (TPSA) is 49.9 Å². The second-order valence-electron chi connectivity index (χ2n) is 4.27. The molecule has 1 fully saturated rings. The molecule has 1 amide bonds. The number of halogens is 6. The van der Waals surface area contributed by atoms with Crippen LogP contribution in [0.3, 0.4) is 0 Å². The quantitative estimate of drug-likeness (QED) is 0.570. The molecule has 1 rings (SSSR count). The first-order valence-electron chi connectivity index (χ1n) is 5.84. The van der Waals surface area contributed by atoms with Crippen LogP contribution in [0.4, 0.5) is 26.3 Å². The molecular weight excluding hydrogens is 310 g/mol. The van der Waals surface area contributed by atoms with Gasteiger partial charge in [-0.2, -0.15) is 26.3 Å². The lowest BCUT2D eigenvalue weighted by atomic mass is 10.3. The molecule has 0 saturated carbocycles. The second-order valence-corrected chi connectivity index (χ2v) is 4.27. The molecule has 0 aromatic rings. The molecule has 0 N–H and O–H groups in total. The van der Waals surface area contributed by atoms with Gasteiger partial charge in [0.25, 0.3) is 0 Å². The van der Waals surface area contributed by atoms with E-state index in [1.807, 2.05) is 0 Å². The van der Waals surface area contributed by atoms with Gasteiger partial charge >= 0.3 is 24.2 Å². The minimum atomic E-state index is -5.07. The first-order chi connectivity index (χ1) is 9.51. The first kappa shape index (κ1) is 17.5. The number of ether oxygens (including phenoxy) is 1. The van der Waals surface area contributed by atoms with Crippen molar-refractivity contribution in [3.8, 4) is 0 Å². The zero-order chi connectivity index (χ0) is 16.3. The van der Waals surface area contributed by atoms with Crippen molar-refractivity contribution in [2.24, 2.45) is 0 Å². The number of amides is 1. The van der Waals surface area contributed by atoms with Gasteiger partial charge in [0.2, 0.25) is 0 Å². The summed E-state index contributed by atoms with van der Waals surface area (Å²) in [5.74, 6) is -4.25. The minimum Gasteiger partial charge on any atom is -0.458 e. The average Bonchev–Trinajstić information content (AvgIpc) is 2.36. The van der Waals surface area contributed by atoms with Gasteiger partial charge in [0.05, 0.1) is 0 Å². The average molecular weight is 322 g/mol. The Balaban J connectivity index is 2.29. The molecule has 1 aliphatic heterocycles. The fourth-order valence-electron chi connectivity index (χ4n) is 1.70.